The van der Waals surface area contributed by atoms with Crippen LogP contribution in [-0.4, -0.2) is 46.8 Å². The predicted octanol–water partition coefficient (Wildman–Crippen LogP) is 3.35. The molecule has 0 aliphatic heterocycles. The number of aliphatic hydroxyl groups excluding tert-OH is 1. The first-order valence-corrected chi connectivity index (χ1v) is 10.2. The zero-order valence-corrected chi connectivity index (χ0v) is 17.3. The zero-order chi connectivity index (χ0) is 22.9. The van der Waals surface area contributed by atoms with Gasteiger partial charge in [-0.3, -0.25) is 5.32 Å². The second kappa shape index (κ2) is 11.5. The van der Waals surface area contributed by atoms with E-state index in [9.17, 15) is 13.6 Å². The molecule has 3 rings (SSSR count). The number of aromatic nitrogens is 1. The van der Waals surface area contributed by atoms with E-state index < -0.39 is 30.1 Å². The number of rotatable bonds is 10. The van der Waals surface area contributed by atoms with Gasteiger partial charge < -0.3 is 20.3 Å². The van der Waals surface area contributed by atoms with Crippen LogP contribution in [0, 0.1) is 11.6 Å². The summed E-state index contributed by atoms with van der Waals surface area (Å²) in [5.74, 6) is -1.47. The van der Waals surface area contributed by atoms with E-state index in [1.807, 2.05) is 24.3 Å². The average molecular weight is 445 g/mol. The fraction of sp³-hybridized carbons (Fsp3) is 0.304. The predicted molar refractivity (Wildman–Crippen MR) is 116 cm³/mol. The highest BCUT2D eigenvalue weighted by molar-refractivity contribution is 5.89. The third kappa shape index (κ3) is 6.94. The fourth-order valence-corrected chi connectivity index (χ4v) is 3.22. The highest BCUT2D eigenvalue weighted by Crippen LogP contribution is 2.16. The number of carbonyl (C=O) groups is 1. The molecule has 0 fully saturated rings. The molecular formula is C23H25F2N3O4. The summed E-state index contributed by atoms with van der Waals surface area (Å²) < 4.78 is 32.4. The Morgan fingerprint density at radius 2 is 1.84 bits per heavy atom. The Hall–Kier alpha value is -3.14. The molecule has 0 bridgehead atoms. The minimum absolute atomic E-state index is 0.0578. The van der Waals surface area contributed by atoms with Crippen molar-refractivity contribution in [1.29, 1.82) is 0 Å². The zero-order valence-electron chi connectivity index (χ0n) is 17.3. The van der Waals surface area contributed by atoms with E-state index in [4.69, 9.17) is 14.9 Å². The van der Waals surface area contributed by atoms with Crippen molar-refractivity contribution in [1.82, 2.24) is 10.3 Å². The summed E-state index contributed by atoms with van der Waals surface area (Å²) >= 11 is 0. The summed E-state index contributed by atoms with van der Waals surface area (Å²) in [6, 6.07) is 12.9. The first kappa shape index (κ1) is 23.5. The molecule has 7 nitrogen and oxygen atoms in total. The summed E-state index contributed by atoms with van der Waals surface area (Å²) in [6.45, 7) is 0.224. The summed E-state index contributed by atoms with van der Waals surface area (Å²) in [6.07, 6.45) is 0.00262. The van der Waals surface area contributed by atoms with Crippen LogP contribution < -0.4 is 10.6 Å². The van der Waals surface area contributed by atoms with Crippen LogP contribution in [0.15, 0.2) is 54.7 Å². The molecule has 0 aliphatic carbocycles. The molecular weight excluding hydrogens is 420 g/mol. The van der Waals surface area contributed by atoms with E-state index in [-0.39, 0.29) is 31.6 Å². The third-order valence-electron chi connectivity index (χ3n) is 4.91. The molecule has 0 saturated carbocycles. The van der Waals surface area contributed by atoms with Gasteiger partial charge in [-0.1, -0.05) is 36.4 Å². The smallest absolute Gasteiger partial charge is 0.412 e. The summed E-state index contributed by atoms with van der Waals surface area (Å²) in [7, 11) is 0. The number of benzene rings is 2. The molecule has 0 aliphatic rings. The average Bonchev–Trinajstić information content (AvgIpc) is 2.78. The van der Waals surface area contributed by atoms with Crippen molar-refractivity contribution in [2.75, 3.05) is 18.5 Å². The summed E-state index contributed by atoms with van der Waals surface area (Å²) in [5.41, 5.74) is 0.222. The quantitative estimate of drug-likeness (QED) is 0.357. The van der Waals surface area contributed by atoms with Gasteiger partial charge in [-0.25, -0.2) is 18.6 Å². The molecule has 4 N–H and O–H groups in total. The van der Waals surface area contributed by atoms with Crippen molar-refractivity contribution >= 4 is 22.7 Å². The number of halogens is 2. The lowest BCUT2D eigenvalue weighted by atomic mass is 10.1. The lowest BCUT2D eigenvalue weighted by Crippen LogP contribution is -2.37. The van der Waals surface area contributed by atoms with E-state index in [2.05, 4.69) is 15.6 Å². The normalized spacial score (nSPS) is 12.2. The molecule has 0 unspecified atom stereocenters. The number of anilines is 1. The van der Waals surface area contributed by atoms with Gasteiger partial charge in [0.05, 0.1) is 0 Å². The Balaban J connectivity index is 1.51. The molecule has 9 heteroatoms. The van der Waals surface area contributed by atoms with Crippen LogP contribution >= 0.6 is 0 Å². The van der Waals surface area contributed by atoms with Gasteiger partial charge in [0, 0.05) is 17.6 Å². The number of nitrogens with one attached hydrogen (secondary N) is 2. The van der Waals surface area contributed by atoms with Crippen LogP contribution in [0.5, 0.6) is 0 Å². The Bertz CT molecular complexity index is 1050. The second-order valence-electron chi connectivity index (χ2n) is 7.31. The number of ether oxygens (including phenoxy) is 1. The molecule has 2 aromatic carbocycles. The molecule has 170 valence electrons. The van der Waals surface area contributed by atoms with E-state index in [0.717, 1.165) is 16.8 Å². The van der Waals surface area contributed by atoms with Crippen LogP contribution in [0.4, 0.5) is 19.4 Å². The topological polar surface area (TPSA) is 104 Å². The van der Waals surface area contributed by atoms with Crippen molar-refractivity contribution in [2.45, 2.75) is 31.6 Å². The van der Waals surface area contributed by atoms with Crippen molar-refractivity contribution in [2.24, 2.45) is 0 Å². The number of carbonyl (C=O) groups excluding carboxylic acids is 1. The first-order valence-electron chi connectivity index (χ1n) is 10.2. The highest BCUT2D eigenvalue weighted by atomic mass is 19.2. The summed E-state index contributed by atoms with van der Waals surface area (Å²) in [4.78, 5) is 16.3. The van der Waals surface area contributed by atoms with Gasteiger partial charge in [0.2, 0.25) is 0 Å². The molecule has 1 heterocycles. The van der Waals surface area contributed by atoms with E-state index in [1.165, 1.54) is 12.1 Å². The highest BCUT2D eigenvalue weighted by Gasteiger charge is 2.15. The van der Waals surface area contributed by atoms with E-state index >= 15 is 0 Å². The van der Waals surface area contributed by atoms with E-state index in [0.29, 0.717) is 12.2 Å². The second-order valence-corrected chi connectivity index (χ2v) is 7.31. The number of aliphatic hydroxyl groups is 2. The lowest BCUT2D eigenvalue weighted by molar-refractivity contribution is -0.0486. The standard InChI is InChI=1S/C23H25F2N3O4/c24-19-7-3-6-15(22(19)25)10-11-26-18(8-9-21(29)30)14-32-23(31)28-20-12-16-4-1-2-5-17(16)13-27-20/h1-7,12-13,18,21,26,29-30H,8-11,14H2,(H,27,28,31)/t18-/m0/s1. The maximum Gasteiger partial charge on any atom is 0.412 e. The third-order valence-corrected chi connectivity index (χ3v) is 4.91. The van der Waals surface area contributed by atoms with Crippen LogP contribution in [0.1, 0.15) is 18.4 Å². The minimum Gasteiger partial charge on any atom is -0.448 e. The Morgan fingerprint density at radius 1 is 1.06 bits per heavy atom. The Labute approximate surface area is 184 Å². The maximum absolute atomic E-state index is 13.8. The van der Waals surface area contributed by atoms with E-state index in [1.54, 1.807) is 12.3 Å². The minimum atomic E-state index is -1.50. The van der Waals surface area contributed by atoms with Gasteiger partial charge in [-0.15, -0.1) is 0 Å². The molecule has 0 radical (unpaired) electrons. The first-order chi connectivity index (χ1) is 15.4. The van der Waals surface area contributed by atoms with Crippen LogP contribution in [-0.2, 0) is 11.2 Å². The van der Waals surface area contributed by atoms with Gasteiger partial charge in [0.25, 0.3) is 0 Å². The maximum atomic E-state index is 13.8. The SMILES string of the molecule is O=C(Nc1cc2ccccc2cn1)OC[C@H](CCC(O)O)NCCc1cccc(F)c1F. The summed E-state index contributed by atoms with van der Waals surface area (Å²) in [5, 5.41) is 25.8. The Morgan fingerprint density at radius 3 is 2.62 bits per heavy atom. The molecule has 32 heavy (non-hydrogen) atoms. The molecule has 1 atom stereocenters. The molecule has 1 amide bonds. The molecule has 1 aromatic heterocycles. The van der Waals surface area contributed by atoms with Crippen molar-refractivity contribution in [3.05, 3.63) is 71.9 Å². The van der Waals surface area contributed by atoms with Gasteiger partial charge in [0.15, 0.2) is 17.9 Å². The molecule has 0 saturated heterocycles. The monoisotopic (exact) mass is 445 g/mol. The van der Waals surface area contributed by atoms with Gasteiger partial charge in [-0.2, -0.15) is 0 Å². The lowest BCUT2D eigenvalue weighted by Gasteiger charge is -2.19. The van der Waals surface area contributed by atoms with Crippen molar-refractivity contribution < 1.29 is 28.5 Å². The number of hydrogen-bond acceptors (Lipinski definition) is 6. The van der Waals surface area contributed by atoms with Gasteiger partial charge in [0.1, 0.15) is 12.4 Å². The Kier molecular flexibility index (Phi) is 8.43. The fourth-order valence-electron chi connectivity index (χ4n) is 3.22. The van der Waals surface area contributed by atoms with Gasteiger partial charge in [-0.05, 0) is 48.9 Å². The van der Waals surface area contributed by atoms with Gasteiger partial charge >= 0.3 is 6.09 Å². The largest absolute Gasteiger partial charge is 0.448 e. The van der Waals surface area contributed by atoms with Crippen LogP contribution in [0.25, 0.3) is 10.8 Å². The van der Waals surface area contributed by atoms with Crippen molar-refractivity contribution in [3.63, 3.8) is 0 Å². The molecule has 3 aromatic rings. The number of pyridine rings is 1. The van der Waals surface area contributed by atoms with Crippen LogP contribution in [0.3, 0.4) is 0 Å². The number of amides is 1. The number of hydrogen-bond donors (Lipinski definition) is 4. The van der Waals surface area contributed by atoms with Crippen LogP contribution in [0.2, 0.25) is 0 Å². The molecule has 0 spiro atoms. The van der Waals surface area contributed by atoms with Crippen molar-refractivity contribution in [3.8, 4) is 0 Å². The number of nitrogens with zero attached hydrogens (tertiary/aromatic N) is 1. The number of fused-ring (bicyclic) bond motifs is 1.